The number of hydrogen-bond acceptors (Lipinski definition) is 4. The molecular weight excluding hydrogens is 228 g/mol. The summed E-state index contributed by atoms with van der Waals surface area (Å²) in [6.07, 6.45) is -0.357. The third-order valence-corrected chi connectivity index (χ3v) is 2.73. The van der Waals surface area contributed by atoms with Crippen LogP contribution in [0.25, 0.3) is 11.0 Å². The van der Waals surface area contributed by atoms with Crippen LogP contribution in [0.5, 0.6) is 0 Å². The van der Waals surface area contributed by atoms with Crippen molar-refractivity contribution in [3.05, 3.63) is 36.1 Å². The molecule has 4 nitrogen and oxygen atoms in total. The molecule has 1 aromatic carbocycles. The zero-order chi connectivity index (χ0) is 13.0. The maximum Gasteiger partial charge on any atom is 0.134 e. The molecule has 98 valence electrons. The topological polar surface area (TPSA) is 48.6 Å². The highest BCUT2D eigenvalue weighted by molar-refractivity contribution is 5.77. The van der Waals surface area contributed by atoms with Crippen molar-refractivity contribution in [2.45, 2.75) is 12.6 Å². The first-order valence-electron chi connectivity index (χ1n) is 6.16. The van der Waals surface area contributed by atoms with E-state index in [2.05, 4.69) is 5.32 Å². The van der Waals surface area contributed by atoms with Crippen molar-refractivity contribution in [1.82, 2.24) is 10.2 Å². The summed E-state index contributed by atoms with van der Waals surface area (Å²) in [6.45, 7) is 1.86. The van der Waals surface area contributed by atoms with Gasteiger partial charge in [-0.05, 0) is 26.2 Å². The van der Waals surface area contributed by atoms with Gasteiger partial charge in [-0.3, -0.25) is 0 Å². The minimum Gasteiger partial charge on any atom is -0.460 e. The van der Waals surface area contributed by atoms with Gasteiger partial charge in [0.1, 0.15) is 11.3 Å². The van der Waals surface area contributed by atoms with E-state index in [4.69, 9.17) is 4.42 Å². The number of hydrogen-bond donors (Lipinski definition) is 2. The van der Waals surface area contributed by atoms with Crippen LogP contribution in [0.3, 0.4) is 0 Å². The van der Waals surface area contributed by atoms with Gasteiger partial charge in [-0.25, -0.2) is 0 Å². The lowest BCUT2D eigenvalue weighted by Gasteiger charge is -2.15. The lowest BCUT2D eigenvalue weighted by molar-refractivity contribution is 0.134. The molecule has 0 radical (unpaired) electrons. The second-order valence-corrected chi connectivity index (χ2v) is 4.80. The lowest BCUT2D eigenvalue weighted by atomic mass is 10.2. The molecule has 18 heavy (non-hydrogen) atoms. The smallest absolute Gasteiger partial charge is 0.134 e. The monoisotopic (exact) mass is 248 g/mol. The van der Waals surface area contributed by atoms with Crippen LogP contribution in [0.4, 0.5) is 0 Å². The Bertz CT molecular complexity index is 460. The highest BCUT2D eigenvalue weighted by atomic mass is 16.3. The third-order valence-electron chi connectivity index (χ3n) is 2.73. The van der Waals surface area contributed by atoms with E-state index in [1.165, 1.54) is 0 Å². The Morgan fingerprint density at radius 2 is 2.11 bits per heavy atom. The van der Waals surface area contributed by atoms with Crippen LogP contribution in [0.1, 0.15) is 5.76 Å². The van der Waals surface area contributed by atoms with Crippen molar-refractivity contribution < 1.29 is 9.52 Å². The minimum absolute atomic E-state index is 0.357. The van der Waals surface area contributed by atoms with Gasteiger partial charge in [0.15, 0.2) is 0 Å². The Morgan fingerprint density at radius 1 is 1.33 bits per heavy atom. The highest BCUT2D eigenvalue weighted by Crippen LogP contribution is 2.18. The highest BCUT2D eigenvalue weighted by Gasteiger charge is 2.06. The van der Waals surface area contributed by atoms with Crippen LogP contribution in [0.2, 0.25) is 0 Å². The number of fused-ring (bicyclic) bond motifs is 1. The first-order chi connectivity index (χ1) is 8.65. The van der Waals surface area contributed by atoms with Crippen molar-refractivity contribution >= 4 is 11.0 Å². The Labute approximate surface area is 107 Å². The van der Waals surface area contributed by atoms with Crippen molar-refractivity contribution in [3.63, 3.8) is 0 Å². The van der Waals surface area contributed by atoms with Gasteiger partial charge in [0.05, 0.1) is 12.6 Å². The normalized spacial score (nSPS) is 13.3. The summed E-state index contributed by atoms with van der Waals surface area (Å²) in [6, 6.07) is 9.98. The molecule has 0 bridgehead atoms. The van der Waals surface area contributed by atoms with Crippen LogP contribution in [-0.2, 0) is 6.54 Å². The molecule has 1 atom stereocenters. The first-order valence-corrected chi connectivity index (χ1v) is 6.16. The summed E-state index contributed by atoms with van der Waals surface area (Å²) in [7, 11) is 3.89. The average Bonchev–Trinajstić information content (AvgIpc) is 2.70. The van der Waals surface area contributed by atoms with Crippen LogP contribution in [0, 0.1) is 0 Å². The number of rotatable bonds is 6. The zero-order valence-electron chi connectivity index (χ0n) is 10.9. The van der Waals surface area contributed by atoms with Crippen molar-refractivity contribution in [3.8, 4) is 0 Å². The molecule has 2 aromatic rings. The van der Waals surface area contributed by atoms with E-state index in [0.29, 0.717) is 19.6 Å². The number of aliphatic hydroxyl groups is 1. The molecule has 4 heteroatoms. The summed E-state index contributed by atoms with van der Waals surface area (Å²) in [5.74, 6) is 0.897. The van der Waals surface area contributed by atoms with E-state index >= 15 is 0 Å². The number of nitrogens with zero attached hydrogens (tertiary/aromatic N) is 1. The molecule has 0 spiro atoms. The van der Waals surface area contributed by atoms with Crippen molar-refractivity contribution in [1.29, 1.82) is 0 Å². The van der Waals surface area contributed by atoms with Crippen molar-refractivity contribution in [2.75, 3.05) is 27.2 Å². The fourth-order valence-electron chi connectivity index (χ4n) is 1.97. The number of aliphatic hydroxyl groups excluding tert-OH is 1. The maximum atomic E-state index is 9.70. The predicted molar refractivity (Wildman–Crippen MR) is 72.5 cm³/mol. The molecule has 2 rings (SSSR count). The molecule has 0 aliphatic rings. The summed E-state index contributed by atoms with van der Waals surface area (Å²) < 4.78 is 5.68. The molecule has 1 aromatic heterocycles. The summed E-state index contributed by atoms with van der Waals surface area (Å²) in [5, 5.41) is 14.0. The van der Waals surface area contributed by atoms with Gasteiger partial charge in [-0.1, -0.05) is 18.2 Å². The number of likely N-dealkylation sites (N-methyl/N-ethyl adjacent to an activating group) is 1. The molecule has 1 heterocycles. The van der Waals surface area contributed by atoms with Gasteiger partial charge in [0.25, 0.3) is 0 Å². The van der Waals surface area contributed by atoms with Crippen LogP contribution < -0.4 is 5.32 Å². The number of benzene rings is 1. The second kappa shape index (κ2) is 6.00. The van der Waals surface area contributed by atoms with E-state index in [0.717, 1.165) is 16.7 Å². The number of para-hydroxylation sites is 1. The molecule has 0 saturated carbocycles. The second-order valence-electron chi connectivity index (χ2n) is 4.80. The van der Waals surface area contributed by atoms with Gasteiger partial charge < -0.3 is 19.7 Å². The van der Waals surface area contributed by atoms with Crippen molar-refractivity contribution in [2.24, 2.45) is 0 Å². The van der Waals surface area contributed by atoms with Gasteiger partial charge in [-0.2, -0.15) is 0 Å². The van der Waals surface area contributed by atoms with E-state index in [-0.39, 0.29) is 6.10 Å². The summed E-state index contributed by atoms with van der Waals surface area (Å²) in [5.41, 5.74) is 0.906. The van der Waals surface area contributed by atoms with Crippen LogP contribution in [0.15, 0.2) is 34.7 Å². The van der Waals surface area contributed by atoms with Gasteiger partial charge in [-0.15, -0.1) is 0 Å². The van der Waals surface area contributed by atoms with E-state index in [9.17, 15) is 5.11 Å². The maximum absolute atomic E-state index is 9.70. The van der Waals surface area contributed by atoms with Crippen LogP contribution in [-0.4, -0.2) is 43.3 Å². The summed E-state index contributed by atoms with van der Waals surface area (Å²) >= 11 is 0. The summed E-state index contributed by atoms with van der Waals surface area (Å²) in [4.78, 5) is 1.97. The fourth-order valence-corrected chi connectivity index (χ4v) is 1.97. The largest absolute Gasteiger partial charge is 0.460 e. The molecule has 0 aliphatic carbocycles. The quantitative estimate of drug-likeness (QED) is 0.812. The van der Waals surface area contributed by atoms with Gasteiger partial charge in [0.2, 0.25) is 0 Å². The molecule has 0 saturated heterocycles. The first kappa shape index (κ1) is 13.1. The lowest BCUT2D eigenvalue weighted by Crippen LogP contribution is -2.34. The molecule has 2 N–H and O–H groups in total. The minimum atomic E-state index is -0.357. The Hall–Kier alpha value is -1.36. The SMILES string of the molecule is CN(C)CC(O)CNCc1cc2ccccc2o1. The number of furan rings is 1. The molecule has 1 unspecified atom stereocenters. The zero-order valence-corrected chi connectivity index (χ0v) is 10.9. The fraction of sp³-hybridized carbons (Fsp3) is 0.429. The average molecular weight is 248 g/mol. The van der Waals surface area contributed by atoms with Crippen LogP contribution >= 0.6 is 0 Å². The molecule has 0 fully saturated rings. The Balaban J connectivity index is 1.83. The van der Waals surface area contributed by atoms with Gasteiger partial charge in [0, 0.05) is 18.5 Å². The molecule has 0 amide bonds. The Morgan fingerprint density at radius 3 is 2.83 bits per heavy atom. The molecular formula is C14H20N2O2. The van der Waals surface area contributed by atoms with E-state index < -0.39 is 0 Å². The predicted octanol–water partition coefficient (Wildman–Crippen LogP) is 1.44. The van der Waals surface area contributed by atoms with E-state index in [1.807, 2.05) is 49.3 Å². The van der Waals surface area contributed by atoms with E-state index in [1.54, 1.807) is 0 Å². The number of nitrogens with one attached hydrogen (secondary N) is 1. The van der Waals surface area contributed by atoms with Gasteiger partial charge >= 0.3 is 0 Å². The third kappa shape index (κ3) is 3.57. The standard InChI is InChI=1S/C14H20N2O2/c1-16(2)10-12(17)8-15-9-13-7-11-5-3-4-6-14(11)18-13/h3-7,12,15,17H,8-10H2,1-2H3. The molecule has 0 aliphatic heterocycles. The Kier molecular flexibility index (Phi) is 4.36.